The van der Waals surface area contributed by atoms with Crippen molar-refractivity contribution in [2.45, 2.75) is 0 Å². The van der Waals surface area contributed by atoms with Crippen LogP contribution >= 0.6 is 10.1 Å². The van der Waals surface area contributed by atoms with Crippen LogP contribution in [0, 0.1) is 0 Å². The average molecular weight is 305 g/mol. The molecule has 0 nitrogen and oxygen atoms in total. The fourth-order valence-electron chi connectivity index (χ4n) is 0. The molecule has 0 atom stereocenters. The maximum absolute atomic E-state index is 4.15. The van der Waals surface area contributed by atoms with Gasteiger partial charge in [0.05, 0.1) is 0 Å². The molecule has 0 aliphatic carbocycles. The summed E-state index contributed by atoms with van der Waals surface area (Å²) >= 11 is 1.27. The third-order valence-corrected chi connectivity index (χ3v) is 0. The first-order valence-corrected chi connectivity index (χ1v) is 3.67. The van der Waals surface area contributed by atoms with E-state index >= 15 is 0 Å². The van der Waals surface area contributed by atoms with E-state index in [0.29, 0.717) is 0 Å². The zero-order valence-corrected chi connectivity index (χ0v) is 13.0. The second-order valence-electron chi connectivity index (χ2n) is 0. The van der Waals surface area contributed by atoms with Crippen molar-refractivity contribution in [2.24, 2.45) is 0 Å². The molecule has 0 unspecified atom stereocenters. The Hall–Kier alpha value is 3.05. The van der Waals surface area contributed by atoms with Crippen LogP contribution in [0.4, 0.5) is 0 Å². The zero-order chi connectivity index (χ0) is 2.00. The summed E-state index contributed by atoms with van der Waals surface area (Å²) in [5.41, 5.74) is 0. The fourth-order valence-corrected chi connectivity index (χ4v) is 0. The molecule has 0 heterocycles. The minimum absolute atomic E-state index is 0. The Labute approximate surface area is 92.8 Å². The van der Waals surface area contributed by atoms with Crippen LogP contribution in [0.1, 0.15) is 0 Å². The van der Waals surface area contributed by atoms with E-state index in [1.54, 1.807) is 0 Å². The number of rotatable bonds is 0. The Morgan fingerprint density at radius 3 is 1.25 bits per heavy atom. The van der Waals surface area contributed by atoms with Crippen LogP contribution in [-0.4, -0.2) is 65.7 Å². The van der Waals surface area contributed by atoms with Crippen molar-refractivity contribution in [2.75, 3.05) is 0 Å². The molecule has 0 N–H and O–H groups in total. The van der Waals surface area contributed by atoms with Gasteiger partial charge < -0.3 is 0 Å². The smallest absolute Gasteiger partial charge is 0 e. The summed E-state index contributed by atoms with van der Waals surface area (Å²) in [6.45, 7) is 0. The third-order valence-electron chi connectivity index (χ3n) is 0. The van der Waals surface area contributed by atoms with Gasteiger partial charge in [-0.15, -0.1) is 0 Å². The predicted octanol–water partition coefficient (Wildman–Crippen LogP) is -0.116. The van der Waals surface area contributed by atoms with E-state index in [0.717, 1.165) is 0 Å². The summed E-state index contributed by atoms with van der Waals surface area (Å²) in [6.07, 6.45) is 0. The normalized spacial score (nSPS) is 0.750. The minimum Gasteiger partial charge on any atom is 0 e. The maximum atomic E-state index is 4.15. The maximum Gasteiger partial charge on any atom is 0 e. The Morgan fingerprint density at radius 2 is 1.25 bits per heavy atom. The van der Waals surface area contributed by atoms with Crippen LogP contribution in [0.2, 0.25) is 0 Å². The van der Waals surface area contributed by atoms with E-state index in [1.807, 2.05) is 0 Å². The summed E-state index contributed by atoms with van der Waals surface area (Å²) in [5, 5.41) is 0. The molecule has 4 heteroatoms. The van der Waals surface area contributed by atoms with E-state index < -0.39 is 0 Å². The van der Waals surface area contributed by atoms with Gasteiger partial charge in [0.2, 0.25) is 0 Å². The zero-order valence-electron chi connectivity index (χ0n) is 2.40. The van der Waals surface area contributed by atoms with Crippen molar-refractivity contribution < 1.29 is 19.5 Å². The summed E-state index contributed by atoms with van der Waals surface area (Å²) < 4.78 is 0. The molecule has 0 aromatic rings. The van der Waals surface area contributed by atoms with E-state index in [1.165, 1.54) is 16.8 Å². The fraction of sp³-hybridized carbons (Fsp3) is 0. The molecule has 0 bridgehead atoms. The minimum atomic E-state index is 0. The average Bonchev–Trinajstić information content (AvgIpc) is 1.00. The second kappa shape index (κ2) is 16.6. The monoisotopic (exact) mass is 303 g/mol. The molecular formula is BaGaSZn. The van der Waals surface area contributed by atoms with E-state index in [4.69, 9.17) is 0 Å². The first kappa shape index (κ1) is 15.7. The molecule has 0 rings (SSSR count). The van der Waals surface area contributed by atoms with Crippen molar-refractivity contribution >= 4 is 75.8 Å². The molecule has 0 saturated heterocycles. The van der Waals surface area contributed by atoms with Gasteiger partial charge in [0.25, 0.3) is 0 Å². The van der Waals surface area contributed by atoms with Gasteiger partial charge in [-0.05, 0) is 0 Å². The van der Waals surface area contributed by atoms with Crippen molar-refractivity contribution in [3.63, 3.8) is 0 Å². The van der Waals surface area contributed by atoms with Gasteiger partial charge in [-0.25, -0.2) is 0 Å². The molecular weight excluding hydrogens is 305 g/mol. The van der Waals surface area contributed by atoms with Gasteiger partial charge in [-0.1, -0.05) is 0 Å². The summed E-state index contributed by atoms with van der Waals surface area (Å²) in [6, 6.07) is 0. The Bertz CT molecular complexity index is 8.00. The van der Waals surface area contributed by atoms with Crippen LogP contribution in [0.15, 0.2) is 0 Å². The molecule has 0 aliphatic heterocycles. The van der Waals surface area contributed by atoms with Gasteiger partial charge in [-0.2, -0.15) is 0 Å². The van der Waals surface area contributed by atoms with E-state index in [2.05, 4.69) is 10.1 Å². The van der Waals surface area contributed by atoms with Crippen molar-refractivity contribution in [1.29, 1.82) is 0 Å². The molecule has 0 saturated carbocycles. The number of hydrogen-bond donors (Lipinski definition) is 0. The van der Waals surface area contributed by atoms with Crippen molar-refractivity contribution in [1.82, 2.24) is 0 Å². The van der Waals surface area contributed by atoms with Crippen LogP contribution < -0.4 is 0 Å². The predicted molar refractivity (Wildman–Crippen MR) is 19.1 cm³/mol. The molecule has 0 fully saturated rings. The third kappa shape index (κ3) is 8.90. The van der Waals surface area contributed by atoms with Crippen LogP contribution in [-0.2, 0) is 19.5 Å². The van der Waals surface area contributed by atoms with Crippen molar-refractivity contribution in [3.8, 4) is 0 Å². The van der Waals surface area contributed by atoms with Gasteiger partial charge in [0.1, 0.15) is 0 Å². The second-order valence-corrected chi connectivity index (χ2v) is 0. The molecule has 13 valence electrons. The van der Waals surface area contributed by atoms with Gasteiger partial charge in [0, 0.05) is 68.4 Å². The molecule has 0 aromatic carbocycles. The van der Waals surface area contributed by atoms with Gasteiger partial charge in [-0.3, -0.25) is 0 Å². The van der Waals surface area contributed by atoms with E-state index in [9.17, 15) is 0 Å². The van der Waals surface area contributed by atoms with E-state index in [-0.39, 0.29) is 68.4 Å². The number of hydrogen-bond acceptors (Lipinski definition) is 1. The van der Waals surface area contributed by atoms with Gasteiger partial charge in [0.15, 0.2) is 0 Å². The molecule has 3 radical (unpaired) electrons. The summed E-state index contributed by atoms with van der Waals surface area (Å²) in [4.78, 5) is 0. The molecule has 0 amide bonds. The van der Waals surface area contributed by atoms with Crippen LogP contribution in [0.3, 0.4) is 0 Å². The standard InChI is InChI=1S/Ba.Ga.S.Zn. The Morgan fingerprint density at radius 1 is 1.25 bits per heavy atom. The molecule has 4 heavy (non-hydrogen) atoms. The first-order valence-electron chi connectivity index (χ1n) is 0.236. The largest absolute Gasteiger partial charge is 0 e. The van der Waals surface area contributed by atoms with Crippen LogP contribution in [0.25, 0.3) is 0 Å². The SMILES string of the molecule is [Ba].[S]=[Ga].[Zn]. The van der Waals surface area contributed by atoms with Crippen molar-refractivity contribution in [3.05, 3.63) is 0 Å². The first-order chi connectivity index (χ1) is 1.00. The molecule has 0 aliphatic rings. The quantitative estimate of drug-likeness (QED) is 0.563. The summed E-state index contributed by atoms with van der Waals surface area (Å²) in [7, 11) is 4.15. The molecule has 0 aromatic heterocycles. The van der Waals surface area contributed by atoms with Gasteiger partial charge >= 0.3 is 26.9 Å². The Balaban J connectivity index is -0.00000000500. The van der Waals surface area contributed by atoms with Crippen LogP contribution in [0.5, 0.6) is 0 Å². The Kier molecular flexibility index (Phi) is 65.2. The molecule has 0 spiro atoms. The topological polar surface area (TPSA) is 0 Å². The summed E-state index contributed by atoms with van der Waals surface area (Å²) in [5.74, 6) is 0.